The van der Waals surface area contributed by atoms with E-state index in [1.165, 1.54) is 0 Å². The molecule has 52 valence electrons. The van der Waals surface area contributed by atoms with Gasteiger partial charge in [-0.3, -0.25) is 0 Å². The Kier molecular flexibility index (Phi) is 1.83. The first-order valence-corrected chi connectivity index (χ1v) is 2.97. The summed E-state index contributed by atoms with van der Waals surface area (Å²) in [5.74, 6) is -0.653. The molecule has 1 aliphatic rings. The molecule has 0 saturated heterocycles. The highest BCUT2D eigenvalue weighted by atomic mass is 16.7. The van der Waals surface area contributed by atoms with E-state index < -0.39 is 5.91 Å². The minimum Gasteiger partial charge on any atom is -0.335 e. The molecule has 0 aliphatic carbocycles. The zero-order valence-corrected chi connectivity index (χ0v) is 5.76. The second-order valence-corrected chi connectivity index (χ2v) is 1.97. The molecule has 0 amide bonds. The van der Waals surface area contributed by atoms with Crippen LogP contribution < -0.4 is 0 Å². The van der Waals surface area contributed by atoms with Gasteiger partial charge in [-0.15, -0.1) is 0 Å². The van der Waals surface area contributed by atoms with E-state index in [2.05, 4.69) is 4.99 Å². The molecule has 1 aliphatic heterocycles. The van der Waals surface area contributed by atoms with Gasteiger partial charge in [-0.2, -0.15) is 0 Å². The lowest BCUT2D eigenvalue weighted by atomic mass is 10.3. The van der Waals surface area contributed by atoms with Crippen molar-refractivity contribution >= 4 is 6.21 Å². The van der Waals surface area contributed by atoms with Crippen molar-refractivity contribution in [3.8, 4) is 0 Å². The van der Waals surface area contributed by atoms with Gasteiger partial charge in [0, 0.05) is 26.9 Å². The van der Waals surface area contributed by atoms with Crippen molar-refractivity contribution in [3.63, 3.8) is 0 Å². The Bertz CT molecular complexity index is 118. The molecule has 0 aromatic carbocycles. The van der Waals surface area contributed by atoms with E-state index >= 15 is 0 Å². The molecule has 0 aromatic heterocycles. The summed E-state index contributed by atoms with van der Waals surface area (Å²) in [5, 5.41) is 0. The molecule has 0 N–H and O–H groups in total. The lowest BCUT2D eigenvalue weighted by Gasteiger charge is -2.21. The molecular weight excluding hydrogens is 118 g/mol. The number of hydrogen-bond donors (Lipinski definition) is 0. The molecule has 0 saturated carbocycles. The van der Waals surface area contributed by atoms with Crippen molar-refractivity contribution in [2.75, 3.05) is 14.2 Å². The molecule has 9 heavy (non-hydrogen) atoms. The second kappa shape index (κ2) is 2.45. The minimum atomic E-state index is -0.653. The molecule has 1 heterocycles. The van der Waals surface area contributed by atoms with Gasteiger partial charge in [0.05, 0.1) is 0 Å². The van der Waals surface area contributed by atoms with Crippen LogP contribution in [0.1, 0.15) is 12.8 Å². The van der Waals surface area contributed by atoms with Gasteiger partial charge in [-0.25, -0.2) is 4.99 Å². The normalized spacial score (nSPS) is 22.9. The summed E-state index contributed by atoms with van der Waals surface area (Å²) in [5.41, 5.74) is 0. The molecule has 3 nitrogen and oxygen atoms in total. The summed E-state index contributed by atoms with van der Waals surface area (Å²) in [4.78, 5) is 4.03. The highest BCUT2D eigenvalue weighted by molar-refractivity contribution is 5.60. The maximum absolute atomic E-state index is 5.03. The zero-order chi connectivity index (χ0) is 6.74. The molecule has 1 rings (SSSR count). The van der Waals surface area contributed by atoms with E-state index in [9.17, 15) is 0 Å². The lowest BCUT2D eigenvalue weighted by Crippen LogP contribution is -2.27. The predicted molar refractivity (Wildman–Crippen MR) is 34.5 cm³/mol. The lowest BCUT2D eigenvalue weighted by molar-refractivity contribution is -0.197. The van der Waals surface area contributed by atoms with Crippen LogP contribution in [0, 0.1) is 0 Å². The highest BCUT2D eigenvalue weighted by Gasteiger charge is 2.30. The summed E-state index contributed by atoms with van der Waals surface area (Å²) < 4.78 is 10.1. The minimum absolute atomic E-state index is 0.653. The van der Waals surface area contributed by atoms with Crippen LogP contribution >= 0.6 is 0 Å². The number of rotatable bonds is 2. The fourth-order valence-corrected chi connectivity index (χ4v) is 0.908. The summed E-state index contributed by atoms with van der Waals surface area (Å²) in [6.07, 6.45) is 3.61. The summed E-state index contributed by atoms with van der Waals surface area (Å²) >= 11 is 0. The SMILES string of the molecule is COC1(OC)CCC=N1. The van der Waals surface area contributed by atoms with Gasteiger partial charge in [0.2, 0.25) is 0 Å². The van der Waals surface area contributed by atoms with E-state index in [0.717, 1.165) is 12.8 Å². The van der Waals surface area contributed by atoms with Crippen molar-refractivity contribution < 1.29 is 9.47 Å². The Morgan fingerprint density at radius 2 is 2.11 bits per heavy atom. The zero-order valence-electron chi connectivity index (χ0n) is 5.76. The first-order chi connectivity index (χ1) is 4.33. The first-order valence-electron chi connectivity index (χ1n) is 2.97. The Morgan fingerprint density at radius 1 is 1.44 bits per heavy atom. The third-order valence-corrected chi connectivity index (χ3v) is 1.52. The Hall–Kier alpha value is -0.410. The van der Waals surface area contributed by atoms with Crippen molar-refractivity contribution in [1.29, 1.82) is 0 Å². The fraction of sp³-hybridized carbons (Fsp3) is 0.833. The van der Waals surface area contributed by atoms with Gasteiger partial charge in [0.15, 0.2) is 0 Å². The van der Waals surface area contributed by atoms with Crippen LogP contribution in [-0.2, 0) is 9.47 Å². The van der Waals surface area contributed by atoms with Crippen molar-refractivity contribution in [1.82, 2.24) is 0 Å². The van der Waals surface area contributed by atoms with Crippen molar-refractivity contribution in [2.45, 2.75) is 18.8 Å². The van der Waals surface area contributed by atoms with E-state index in [1.807, 2.05) is 6.21 Å². The van der Waals surface area contributed by atoms with Gasteiger partial charge in [-0.05, 0) is 6.42 Å². The van der Waals surface area contributed by atoms with Crippen LogP contribution in [0.3, 0.4) is 0 Å². The highest BCUT2D eigenvalue weighted by Crippen LogP contribution is 2.23. The van der Waals surface area contributed by atoms with E-state index in [4.69, 9.17) is 9.47 Å². The molecule has 0 fully saturated rings. The Morgan fingerprint density at radius 3 is 2.33 bits per heavy atom. The molecule has 0 unspecified atom stereocenters. The van der Waals surface area contributed by atoms with Gasteiger partial charge >= 0.3 is 0 Å². The van der Waals surface area contributed by atoms with Crippen LogP contribution in [-0.4, -0.2) is 26.3 Å². The molecule has 0 atom stereocenters. The van der Waals surface area contributed by atoms with E-state index in [-0.39, 0.29) is 0 Å². The third-order valence-electron chi connectivity index (χ3n) is 1.52. The average molecular weight is 129 g/mol. The van der Waals surface area contributed by atoms with Crippen LogP contribution in [0.15, 0.2) is 4.99 Å². The summed E-state index contributed by atoms with van der Waals surface area (Å²) in [6.45, 7) is 0. The smallest absolute Gasteiger partial charge is 0.268 e. The van der Waals surface area contributed by atoms with Crippen molar-refractivity contribution in [3.05, 3.63) is 0 Å². The van der Waals surface area contributed by atoms with Crippen LogP contribution in [0.2, 0.25) is 0 Å². The van der Waals surface area contributed by atoms with Crippen LogP contribution in [0.5, 0.6) is 0 Å². The van der Waals surface area contributed by atoms with Crippen LogP contribution in [0.25, 0.3) is 0 Å². The predicted octanol–water partition coefficient (Wildman–Crippen LogP) is 0.798. The maximum Gasteiger partial charge on any atom is 0.268 e. The third kappa shape index (κ3) is 1.11. The van der Waals surface area contributed by atoms with Gasteiger partial charge in [0.25, 0.3) is 5.91 Å². The molecule has 0 radical (unpaired) electrons. The fourth-order valence-electron chi connectivity index (χ4n) is 0.908. The van der Waals surface area contributed by atoms with Gasteiger partial charge < -0.3 is 9.47 Å². The quantitative estimate of drug-likeness (QED) is 0.516. The van der Waals surface area contributed by atoms with E-state index in [1.54, 1.807) is 14.2 Å². The molecule has 0 bridgehead atoms. The summed E-state index contributed by atoms with van der Waals surface area (Å²) in [7, 11) is 3.21. The number of methoxy groups -OCH3 is 2. The second-order valence-electron chi connectivity index (χ2n) is 1.97. The standard InChI is InChI=1S/C6H11NO2/c1-8-6(9-2)4-3-5-7-6/h5H,3-4H2,1-2H3. The number of ether oxygens (including phenoxy) is 2. The van der Waals surface area contributed by atoms with Crippen molar-refractivity contribution in [2.24, 2.45) is 4.99 Å². The monoisotopic (exact) mass is 129 g/mol. The largest absolute Gasteiger partial charge is 0.335 e. The maximum atomic E-state index is 5.03. The Labute approximate surface area is 54.7 Å². The Balaban J connectivity index is 2.57. The van der Waals surface area contributed by atoms with Gasteiger partial charge in [-0.1, -0.05) is 0 Å². The van der Waals surface area contributed by atoms with E-state index in [0.29, 0.717) is 0 Å². The molecule has 0 spiro atoms. The molecule has 3 heteroatoms. The molecule has 0 aromatic rings. The summed E-state index contributed by atoms with van der Waals surface area (Å²) in [6, 6.07) is 0. The number of hydrogen-bond acceptors (Lipinski definition) is 3. The number of nitrogens with zero attached hydrogens (tertiary/aromatic N) is 1. The van der Waals surface area contributed by atoms with Crippen LogP contribution in [0.4, 0.5) is 0 Å². The molecular formula is C6H11NO2. The number of aliphatic imine (C=N–C) groups is 1. The van der Waals surface area contributed by atoms with Gasteiger partial charge in [0.1, 0.15) is 0 Å². The average Bonchev–Trinajstić information content (AvgIpc) is 2.36. The first kappa shape index (κ1) is 6.71. The topological polar surface area (TPSA) is 30.8 Å².